The second kappa shape index (κ2) is 13.1. The van der Waals surface area contributed by atoms with Gasteiger partial charge in [0.05, 0.1) is 18.0 Å². The normalized spacial score (nSPS) is 22.6. The Morgan fingerprint density at radius 3 is 2.29 bits per heavy atom. The van der Waals surface area contributed by atoms with Gasteiger partial charge < -0.3 is 9.64 Å². The molecule has 2 unspecified atom stereocenters. The molecule has 1 saturated carbocycles. The van der Waals surface area contributed by atoms with Gasteiger partial charge in [0.15, 0.2) is 9.84 Å². The van der Waals surface area contributed by atoms with E-state index in [0.717, 1.165) is 48.8 Å². The fraction of sp³-hybridized carbons (Fsp3) is 0.533. The molecule has 0 spiro atoms. The van der Waals surface area contributed by atoms with Crippen LogP contribution in [0.4, 0.5) is 0 Å². The summed E-state index contributed by atoms with van der Waals surface area (Å²) < 4.78 is 31.4. The van der Waals surface area contributed by atoms with Crippen LogP contribution in [0.5, 0.6) is 0 Å². The van der Waals surface area contributed by atoms with E-state index in [1.165, 1.54) is 13.5 Å². The smallest absolute Gasteiger partial charge is 0.292 e. The summed E-state index contributed by atoms with van der Waals surface area (Å²) in [6, 6.07) is 12.3. The van der Waals surface area contributed by atoms with Crippen molar-refractivity contribution < 1.29 is 22.7 Å². The van der Waals surface area contributed by atoms with Crippen molar-refractivity contribution in [3.05, 3.63) is 64.2 Å². The quantitative estimate of drug-likeness (QED) is 0.411. The predicted octanol–water partition coefficient (Wildman–Crippen LogP) is 6.26. The van der Waals surface area contributed by atoms with Crippen LogP contribution in [0.2, 0.25) is 5.02 Å². The zero-order valence-corrected chi connectivity index (χ0v) is 24.5. The molecule has 3 aliphatic rings. The zero-order chi connectivity index (χ0) is 27.9. The van der Waals surface area contributed by atoms with Crippen molar-refractivity contribution in [2.45, 2.75) is 87.8 Å². The molecule has 0 radical (unpaired) electrons. The molecule has 6 nitrogen and oxygen atoms in total. The lowest BCUT2D eigenvalue weighted by molar-refractivity contribution is -0.137. The number of carbonyl (C=O) groups is 2. The molecule has 2 fully saturated rings. The Hall–Kier alpha value is -2.38. The molecule has 2 aromatic rings. The third-order valence-corrected chi connectivity index (χ3v) is 10.8. The van der Waals surface area contributed by atoms with Gasteiger partial charge in [-0.1, -0.05) is 68.5 Å². The van der Waals surface area contributed by atoms with E-state index in [1.807, 2.05) is 37.8 Å². The number of likely N-dealkylation sites (tertiary alicyclic amines) is 1. The summed E-state index contributed by atoms with van der Waals surface area (Å²) in [7, 11) is -2.44. The van der Waals surface area contributed by atoms with Crippen LogP contribution in [-0.4, -0.2) is 45.4 Å². The van der Waals surface area contributed by atoms with Crippen LogP contribution in [0, 0.1) is 12.8 Å². The number of amides is 1. The van der Waals surface area contributed by atoms with E-state index in [9.17, 15) is 13.2 Å². The summed E-state index contributed by atoms with van der Waals surface area (Å²) in [5.74, 6) is 0.204. The van der Waals surface area contributed by atoms with E-state index in [-0.39, 0.29) is 22.8 Å². The van der Waals surface area contributed by atoms with Gasteiger partial charge in [0.25, 0.3) is 6.47 Å². The lowest BCUT2D eigenvalue weighted by Crippen LogP contribution is -2.53. The molecule has 2 aliphatic carbocycles. The molecule has 208 valence electrons. The minimum Gasteiger partial charge on any atom is -0.471 e. The van der Waals surface area contributed by atoms with Crippen molar-refractivity contribution in [1.82, 2.24) is 4.90 Å². The summed E-state index contributed by atoms with van der Waals surface area (Å²) in [6.07, 6.45) is 7.14. The Balaban J connectivity index is 0.000000612. The monoisotopic (exact) mass is 561 g/mol. The predicted molar refractivity (Wildman–Crippen MR) is 151 cm³/mol. The number of nitrogens with zero attached hydrogens (tertiary/aromatic N) is 1. The van der Waals surface area contributed by atoms with Gasteiger partial charge in [-0.3, -0.25) is 9.59 Å². The number of hydrogen-bond donors (Lipinski definition) is 0. The van der Waals surface area contributed by atoms with E-state index >= 15 is 0 Å². The maximum atomic E-state index is 14.3. The number of sulfone groups is 1. The number of rotatable bonds is 4. The Bertz CT molecular complexity index is 1210. The number of ether oxygens (including phenoxy) is 1. The minimum absolute atomic E-state index is 0.0391. The largest absolute Gasteiger partial charge is 0.471 e. The topological polar surface area (TPSA) is 80.8 Å². The van der Waals surface area contributed by atoms with Gasteiger partial charge in [-0.15, -0.1) is 0 Å². The van der Waals surface area contributed by atoms with Crippen LogP contribution in [0.1, 0.15) is 75.5 Å². The summed E-state index contributed by atoms with van der Waals surface area (Å²) in [6.45, 7) is 6.92. The number of halogens is 1. The molecule has 8 heteroatoms. The van der Waals surface area contributed by atoms with Gasteiger partial charge in [0.1, 0.15) is 4.75 Å². The van der Waals surface area contributed by atoms with E-state index in [0.29, 0.717) is 30.9 Å². The first-order valence-corrected chi connectivity index (χ1v) is 15.5. The van der Waals surface area contributed by atoms with Crippen molar-refractivity contribution in [3.8, 4) is 0 Å². The Labute approximate surface area is 232 Å². The van der Waals surface area contributed by atoms with Gasteiger partial charge in [0.2, 0.25) is 5.91 Å². The first-order valence-electron chi connectivity index (χ1n) is 13.6. The average molecular weight is 562 g/mol. The maximum absolute atomic E-state index is 14.3. The van der Waals surface area contributed by atoms with Gasteiger partial charge in [-0.25, -0.2) is 8.42 Å². The van der Waals surface area contributed by atoms with Crippen LogP contribution >= 0.6 is 11.6 Å². The van der Waals surface area contributed by atoms with Crippen LogP contribution in [0.3, 0.4) is 0 Å². The third-order valence-electron chi connectivity index (χ3n) is 7.98. The number of methoxy groups -OCH3 is 1. The number of carbonyl (C=O) groups excluding carboxylic acids is 2. The van der Waals surface area contributed by atoms with Crippen LogP contribution in [-0.2, 0) is 35.3 Å². The van der Waals surface area contributed by atoms with Crippen LogP contribution in [0.15, 0.2) is 47.4 Å². The molecule has 5 rings (SSSR count). The molecule has 38 heavy (non-hydrogen) atoms. The maximum Gasteiger partial charge on any atom is 0.292 e. The molecule has 0 bridgehead atoms. The van der Waals surface area contributed by atoms with E-state index in [4.69, 9.17) is 16.4 Å². The number of aryl methyl sites for hydroxylation is 2. The highest BCUT2D eigenvalue weighted by atomic mass is 35.5. The van der Waals surface area contributed by atoms with Crippen LogP contribution in [0.25, 0.3) is 0 Å². The van der Waals surface area contributed by atoms with Gasteiger partial charge in [0, 0.05) is 17.5 Å². The first-order chi connectivity index (χ1) is 18.3. The second-order valence-corrected chi connectivity index (χ2v) is 12.7. The first kappa shape index (κ1) is 30.2. The number of benzene rings is 2. The van der Waals surface area contributed by atoms with Crippen molar-refractivity contribution >= 4 is 33.8 Å². The SMILES string of the molecule is CC.COC=O.Cc1ccc2c(c1)CCC1N(C(=O)C3CCCCC3)CCC21S(=O)(=O)c1ccc(Cl)cc1. The molecule has 0 N–H and O–H groups in total. The highest BCUT2D eigenvalue weighted by Crippen LogP contribution is 2.53. The number of hydrogen-bond acceptors (Lipinski definition) is 5. The van der Waals surface area contributed by atoms with Crippen LogP contribution < -0.4 is 0 Å². The van der Waals surface area contributed by atoms with Crippen molar-refractivity contribution in [2.24, 2.45) is 5.92 Å². The lowest BCUT2D eigenvalue weighted by atomic mass is 9.78. The molecule has 2 atom stereocenters. The van der Waals surface area contributed by atoms with Crippen molar-refractivity contribution in [3.63, 3.8) is 0 Å². The van der Waals surface area contributed by atoms with Gasteiger partial charge in [-0.2, -0.15) is 0 Å². The molecule has 1 amide bonds. The van der Waals surface area contributed by atoms with Crippen molar-refractivity contribution in [1.29, 1.82) is 0 Å². The highest BCUT2D eigenvalue weighted by Gasteiger charge is 2.61. The minimum atomic E-state index is -3.75. The van der Waals surface area contributed by atoms with E-state index in [2.05, 4.69) is 10.8 Å². The molecule has 0 aromatic heterocycles. The zero-order valence-electron chi connectivity index (χ0n) is 22.9. The fourth-order valence-corrected chi connectivity index (χ4v) is 8.82. The third kappa shape index (κ3) is 5.64. The average Bonchev–Trinajstić information content (AvgIpc) is 3.36. The molecular formula is C30H40ClNO5S. The Kier molecular flexibility index (Phi) is 10.4. The summed E-state index contributed by atoms with van der Waals surface area (Å²) in [5.41, 5.74) is 3.12. The van der Waals surface area contributed by atoms with Gasteiger partial charge in [-0.05, 0) is 74.4 Å². The van der Waals surface area contributed by atoms with Crippen molar-refractivity contribution in [2.75, 3.05) is 13.7 Å². The lowest BCUT2D eigenvalue weighted by Gasteiger charge is -2.43. The molecule has 1 heterocycles. The summed E-state index contributed by atoms with van der Waals surface area (Å²) >= 11 is 6.06. The molecular weight excluding hydrogens is 522 g/mol. The van der Waals surface area contributed by atoms with E-state index in [1.54, 1.807) is 24.3 Å². The molecule has 2 aromatic carbocycles. The van der Waals surface area contributed by atoms with Gasteiger partial charge >= 0.3 is 0 Å². The summed E-state index contributed by atoms with van der Waals surface area (Å²) in [5, 5.41) is 0.512. The standard InChI is InChI=1S/C26H30ClNO3S.C2H4O2.C2H6/c1-18-7-13-23-20(17-18)8-14-24-26(23,32(30,31)22-11-9-21(27)10-12-22)15-16-28(24)25(29)19-5-3-2-4-6-19;1-4-2-3;1-2/h7,9-13,17,19,24H,2-6,8,14-16H2,1H3;2H,1H3;1-2H3. The fourth-order valence-electron chi connectivity index (χ4n) is 6.33. The molecule has 1 saturated heterocycles. The summed E-state index contributed by atoms with van der Waals surface area (Å²) in [4.78, 5) is 24.8. The Morgan fingerprint density at radius 2 is 1.68 bits per heavy atom. The van der Waals surface area contributed by atoms with E-state index < -0.39 is 14.6 Å². The highest BCUT2D eigenvalue weighted by molar-refractivity contribution is 7.92. The second-order valence-electron chi connectivity index (χ2n) is 10.0. The number of fused-ring (bicyclic) bond motifs is 3. The molecule has 1 aliphatic heterocycles. The Morgan fingerprint density at radius 1 is 1.05 bits per heavy atom.